The van der Waals surface area contributed by atoms with Crippen molar-refractivity contribution >= 4 is 22.6 Å². The number of unbranched alkanes of at least 4 members (excludes halogenated alkanes) is 8. The Hall–Kier alpha value is -1.80. The van der Waals surface area contributed by atoms with Crippen LogP contribution in [-0.4, -0.2) is 9.55 Å². The lowest BCUT2D eigenvalue weighted by Crippen LogP contribution is -2.01. The summed E-state index contributed by atoms with van der Waals surface area (Å²) in [5, 5.41) is 0.758. The molecule has 3 rings (SSSR count). The van der Waals surface area contributed by atoms with Gasteiger partial charge >= 0.3 is 0 Å². The number of benzene rings is 2. The van der Waals surface area contributed by atoms with Crippen LogP contribution < -0.4 is 0 Å². The first-order chi connectivity index (χ1) is 13.3. The van der Waals surface area contributed by atoms with E-state index in [4.69, 9.17) is 16.6 Å². The van der Waals surface area contributed by atoms with E-state index in [0.717, 1.165) is 28.5 Å². The first-order valence-corrected chi connectivity index (χ1v) is 10.9. The number of aromatic nitrogens is 2. The molecule has 0 amide bonds. The lowest BCUT2D eigenvalue weighted by atomic mass is 10.1. The summed E-state index contributed by atoms with van der Waals surface area (Å²) in [6.45, 7) is 3.29. The zero-order valence-electron chi connectivity index (χ0n) is 16.5. The van der Waals surface area contributed by atoms with Crippen LogP contribution in [0.3, 0.4) is 0 Å². The van der Waals surface area contributed by atoms with Gasteiger partial charge in [0.15, 0.2) is 0 Å². The van der Waals surface area contributed by atoms with Gasteiger partial charge in [0, 0.05) is 17.1 Å². The number of fused-ring (bicyclic) bond motifs is 1. The minimum atomic E-state index is 0.758. The third kappa shape index (κ3) is 5.59. The van der Waals surface area contributed by atoms with Crippen molar-refractivity contribution in [1.82, 2.24) is 9.55 Å². The first-order valence-electron chi connectivity index (χ1n) is 10.5. The van der Waals surface area contributed by atoms with Crippen LogP contribution >= 0.6 is 11.6 Å². The molecule has 0 unspecified atom stereocenters. The summed E-state index contributed by atoms with van der Waals surface area (Å²) in [6.07, 6.45) is 12.1. The largest absolute Gasteiger partial charge is 0.324 e. The summed E-state index contributed by atoms with van der Waals surface area (Å²) >= 11 is 6.22. The fraction of sp³-hybridized carbons (Fsp3) is 0.458. The Bertz CT molecular complexity index is 837. The summed E-state index contributed by atoms with van der Waals surface area (Å²) in [4.78, 5) is 4.89. The molecule has 0 fully saturated rings. The van der Waals surface area contributed by atoms with Crippen molar-refractivity contribution in [1.29, 1.82) is 0 Å². The molecule has 3 heteroatoms. The summed E-state index contributed by atoms with van der Waals surface area (Å²) in [7, 11) is 0. The highest BCUT2D eigenvalue weighted by atomic mass is 35.5. The summed E-state index contributed by atoms with van der Waals surface area (Å²) in [5.74, 6) is 1.03. The maximum absolute atomic E-state index is 6.22. The molecule has 3 aromatic rings. The molecule has 0 radical (unpaired) electrons. The molecule has 1 aromatic heterocycles. The van der Waals surface area contributed by atoms with Crippen LogP contribution in [0.4, 0.5) is 0 Å². The average molecular weight is 383 g/mol. The fourth-order valence-electron chi connectivity index (χ4n) is 3.73. The predicted molar refractivity (Wildman–Crippen MR) is 117 cm³/mol. The first kappa shape index (κ1) is 19.9. The van der Waals surface area contributed by atoms with Gasteiger partial charge in [-0.15, -0.1) is 0 Å². The van der Waals surface area contributed by atoms with Crippen molar-refractivity contribution in [3.8, 4) is 11.4 Å². The van der Waals surface area contributed by atoms with Gasteiger partial charge in [-0.1, -0.05) is 94.2 Å². The minimum Gasteiger partial charge on any atom is -0.324 e. The average Bonchev–Trinajstić information content (AvgIpc) is 3.05. The highest BCUT2D eigenvalue weighted by Crippen LogP contribution is 2.27. The van der Waals surface area contributed by atoms with Crippen LogP contribution in [0.2, 0.25) is 5.02 Å². The quantitative estimate of drug-likeness (QED) is 0.308. The Balaban J connectivity index is 1.61. The molecule has 0 N–H and O–H groups in total. The van der Waals surface area contributed by atoms with Gasteiger partial charge < -0.3 is 4.57 Å². The van der Waals surface area contributed by atoms with Crippen LogP contribution in [0.25, 0.3) is 22.4 Å². The van der Waals surface area contributed by atoms with Gasteiger partial charge in [0.25, 0.3) is 0 Å². The molecule has 0 atom stereocenters. The summed E-state index contributed by atoms with van der Waals surface area (Å²) in [5.41, 5.74) is 3.37. The van der Waals surface area contributed by atoms with Crippen LogP contribution in [0.5, 0.6) is 0 Å². The van der Waals surface area contributed by atoms with Crippen molar-refractivity contribution < 1.29 is 0 Å². The zero-order chi connectivity index (χ0) is 18.9. The Morgan fingerprint density at radius 2 is 1.52 bits per heavy atom. The standard InChI is InChI=1S/C24H31ClN2/c1-2-3-4-5-6-7-8-9-12-18-27-23-17-11-10-16-22(23)26-24(27)20-14-13-15-21(25)19-20/h10-11,13-17,19H,2-9,12,18H2,1H3. The minimum absolute atomic E-state index is 0.758. The van der Waals surface area contributed by atoms with E-state index in [1.54, 1.807) is 0 Å². The normalized spacial score (nSPS) is 11.3. The van der Waals surface area contributed by atoms with Gasteiger partial charge in [0.1, 0.15) is 5.82 Å². The molecular weight excluding hydrogens is 352 g/mol. The SMILES string of the molecule is CCCCCCCCCCCn1c(-c2cccc(Cl)c2)nc2ccccc21. The number of imidazole rings is 1. The number of rotatable bonds is 11. The van der Waals surface area contributed by atoms with E-state index in [-0.39, 0.29) is 0 Å². The third-order valence-electron chi connectivity index (χ3n) is 5.22. The van der Waals surface area contributed by atoms with Crippen molar-refractivity contribution in [3.05, 3.63) is 53.6 Å². The summed E-state index contributed by atoms with van der Waals surface area (Å²) in [6, 6.07) is 16.4. The number of halogens is 1. The van der Waals surface area contributed by atoms with E-state index in [9.17, 15) is 0 Å². The van der Waals surface area contributed by atoms with E-state index in [2.05, 4.69) is 41.8 Å². The Morgan fingerprint density at radius 1 is 0.815 bits per heavy atom. The van der Waals surface area contributed by atoms with Crippen molar-refractivity contribution in [2.45, 2.75) is 71.3 Å². The lowest BCUT2D eigenvalue weighted by Gasteiger charge is -2.10. The molecule has 0 spiro atoms. The topological polar surface area (TPSA) is 17.8 Å². The Labute approximate surface area is 168 Å². The second-order valence-corrected chi connectivity index (χ2v) is 7.85. The number of hydrogen-bond donors (Lipinski definition) is 0. The highest BCUT2D eigenvalue weighted by Gasteiger charge is 2.12. The second-order valence-electron chi connectivity index (χ2n) is 7.41. The molecule has 0 aliphatic heterocycles. The monoisotopic (exact) mass is 382 g/mol. The number of hydrogen-bond acceptors (Lipinski definition) is 1. The van der Waals surface area contributed by atoms with Gasteiger partial charge in [-0.05, 0) is 30.7 Å². The van der Waals surface area contributed by atoms with E-state index in [1.165, 1.54) is 63.3 Å². The molecule has 2 aromatic carbocycles. The third-order valence-corrected chi connectivity index (χ3v) is 5.46. The van der Waals surface area contributed by atoms with Gasteiger partial charge in [0.2, 0.25) is 0 Å². The number of aryl methyl sites for hydroxylation is 1. The van der Waals surface area contributed by atoms with Gasteiger partial charge in [-0.2, -0.15) is 0 Å². The Kier molecular flexibility index (Phi) is 7.77. The highest BCUT2D eigenvalue weighted by molar-refractivity contribution is 6.30. The van der Waals surface area contributed by atoms with E-state index in [1.807, 2.05) is 18.2 Å². The maximum Gasteiger partial charge on any atom is 0.141 e. The lowest BCUT2D eigenvalue weighted by molar-refractivity contribution is 0.544. The summed E-state index contributed by atoms with van der Waals surface area (Å²) < 4.78 is 2.36. The number of para-hydroxylation sites is 2. The molecule has 0 bridgehead atoms. The van der Waals surface area contributed by atoms with E-state index in [0.29, 0.717) is 0 Å². The molecule has 0 aliphatic carbocycles. The maximum atomic E-state index is 6.22. The van der Waals surface area contributed by atoms with Crippen molar-refractivity contribution in [2.24, 2.45) is 0 Å². The van der Waals surface area contributed by atoms with Crippen molar-refractivity contribution in [2.75, 3.05) is 0 Å². The fourth-order valence-corrected chi connectivity index (χ4v) is 3.92. The van der Waals surface area contributed by atoms with Gasteiger partial charge in [0.05, 0.1) is 11.0 Å². The predicted octanol–water partition coefficient (Wildman–Crippen LogP) is 7.89. The molecule has 2 nitrogen and oxygen atoms in total. The van der Waals surface area contributed by atoms with Gasteiger partial charge in [-0.25, -0.2) is 4.98 Å². The van der Waals surface area contributed by atoms with E-state index < -0.39 is 0 Å². The molecule has 27 heavy (non-hydrogen) atoms. The second kappa shape index (κ2) is 10.5. The van der Waals surface area contributed by atoms with Gasteiger partial charge in [-0.3, -0.25) is 0 Å². The molecule has 1 heterocycles. The molecule has 144 valence electrons. The van der Waals surface area contributed by atoms with Crippen LogP contribution in [0.15, 0.2) is 48.5 Å². The molecule has 0 aliphatic rings. The smallest absolute Gasteiger partial charge is 0.141 e. The van der Waals surface area contributed by atoms with E-state index >= 15 is 0 Å². The van der Waals surface area contributed by atoms with Crippen molar-refractivity contribution in [3.63, 3.8) is 0 Å². The molecule has 0 saturated heterocycles. The number of nitrogens with zero attached hydrogens (tertiary/aromatic N) is 2. The molecule has 0 saturated carbocycles. The van der Waals surface area contributed by atoms with Crippen LogP contribution in [0.1, 0.15) is 64.7 Å². The van der Waals surface area contributed by atoms with Crippen LogP contribution in [0, 0.1) is 0 Å². The Morgan fingerprint density at radius 3 is 2.26 bits per heavy atom. The van der Waals surface area contributed by atoms with Crippen LogP contribution in [-0.2, 0) is 6.54 Å². The zero-order valence-corrected chi connectivity index (χ0v) is 17.2. The molecular formula is C24H31ClN2.